The molecule has 0 saturated carbocycles. The summed E-state index contributed by atoms with van der Waals surface area (Å²) in [5.74, 6) is 0. The molecule has 1 rings (SSSR count). The van der Waals surface area contributed by atoms with Gasteiger partial charge >= 0.3 is 0 Å². The minimum absolute atomic E-state index is 0.0971. The fourth-order valence-electron chi connectivity index (χ4n) is 1.65. The molecule has 0 bridgehead atoms. The molecule has 0 amide bonds. The maximum atomic E-state index is 9.85. The van der Waals surface area contributed by atoms with Gasteiger partial charge in [-0.25, -0.2) is 0 Å². The van der Waals surface area contributed by atoms with Gasteiger partial charge in [-0.05, 0) is 26.1 Å². The standard InChI is InChI=1S/C12H20N2O.C2H6/c1-13-9-12(15)11(14-2)8-10-6-4-3-5-7-10;1-2/h3-7,11-15H,8-9H2,1-2H3;1-2H3/t11-,12+;/m0./s1. The molecule has 1 aromatic rings. The number of rotatable bonds is 6. The van der Waals surface area contributed by atoms with Gasteiger partial charge in [0.25, 0.3) is 0 Å². The zero-order valence-electron chi connectivity index (χ0n) is 11.4. The van der Waals surface area contributed by atoms with E-state index in [4.69, 9.17) is 0 Å². The van der Waals surface area contributed by atoms with Gasteiger partial charge in [0.15, 0.2) is 0 Å². The van der Waals surface area contributed by atoms with E-state index in [1.807, 2.05) is 46.1 Å². The lowest BCUT2D eigenvalue weighted by Gasteiger charge is -2.22. The van der Waals surface area contributed by atoms with Crippen LogP contribution in [0.5, 0.6) is 0 Å². The number of aliphatic hydroxyl groups is 1. The van der Waals surface area contributed by atoms with Crippen molar-refractivity contribution >= 4 is 0 Å². The summed E-state index contributed by atoms with van der Waals surface area (Å²) in [7, 11) is 3.73. The zero-order valence-corrected chi connectivity index (χ0v) is 11.4. The fraction of sp³-hybridized carbons (Fsp3) is 0.571. The van der Waals surface area contributed by atoms with Crippen molar-refractivity contribution < 1.29 is 5.11 Å². The Balaban J connectivity index is 0.00000121. The van der Waals surface area contributed by atoms with Crippen molar-refractivity contribution in [3.63, 3.8) is 0 Å². The van der Waals surface area contributed by atoms with Crippen molar-refractivity contribution in [3.05, 3.63) is 35.9 Å². The van der Waals surface area contributed by atoms with Crippen molar-refractivity contribution in [3.8, 4) is 0 Å². The minimum Gasteiger partial charge on any atom is -0.390 e. The molecule has 0 spiro atoms. The van der Waals surface area contributed by atoms with Gasteiger partial charge in [-0.15, -0.1) is 0 Å². The largest absolute Gasteiger partial charge is 0.390 e. The van der Waals surface area contributed by atoms with E-state index in [1.54, 1.807) is 0 Å². The molecule has 3 N–H and O–H groups in total. The van der Waals surface area contributed by atoms with E-state index in [1.165, 1.54) is 5.56 Å². The SMILES string of the molecule is CC.CNC[C@@H](O)[C@H](Cc1ccccc1)NC. The number of hydrogen-bond donors (Lipinski definition) is 3. The molecule has 0 unspecified atom stereocenters. The van der Waals surface area contributed by atoms with Gasteiger partial charge in [0, 0.05) is 12.6 Å². The number of benzene rings is 1. The summed E-state index contributed by atoms with van der Waals surface area (Å²) in [5.41, 5.74) is 1.24. The van der Waals surface area contributed by atoms with Crippen LogP contribution in [0.1, 0.15) is 19.4 Å². The average Bonchev–Trinajstić information content (AvgIpc) is 2.39. The second-order valence-corrected chi connectivity index (χ2v) is 3.71. The van der Waals surface area contributed by atoms with Crippen LogP contribution in [0.3, 0.4) is 0 Å². The monoisotopic (exact) mass is 238 g/mol. The first-order chi connectivity index (χ1) is 8.27. The van der Waals surface area contributed by atoms with Crippen molar-refractivity contribution in [2.24, 2.45) is 0 Å². The predicted octanol–water partition coefficient (Wildman–Crippen LogP) is 1.42. The van der Waals surface area contributed by atoms with Gasteiger partial charge in [-0.1, -0.05) is 44.2 Å². The molecular weight excluding hydrogens is 212 g/mol. The van der Waals surface area contributed by atoms with Gasteiger partial charge in [-0.3, -0.25) is 0 Å². The summed E-state index contributed by atoms with van der Waals surface area (Å²) in [6.45, 7) is 4.61. The Morgan fingerprint density at radius 1 is 1.12 bits per heavy atom. The molecule has 0 aromatic heterocycles. The van der Waals surface area contributed by atoms with Gasteiger partial charge in [0.05, 0.1) is 6.10 Å². The van der Waals surface area contributed by atoms with Crippen molar-refractivity contribution in [1.29, 1.82) is 0 Å². The third-order valence-corrected chi connectivity index (χ3v) is 2.55. The van der Waals surface area contributed by atoms with Gasteiger partial charge in [0.2, 0.25) is 0 Å². The third kappa shape index (κ3) is 6.41. The summed E-state index contributed by atoms with van der Waals surface area (Å²) in [6.07, 6.45) is 0.486. The molecule has 2 atom stereocenters. The normalized spacial score (nSPS) is 13.5. The van der Waals surface area contributed by atoms with Crippen LogP contribution in [-0.2, 0) is 6.42 Å². The highest BCUT2D eigenvalue weighted by Gasteiger charge is 2.16. The minimum atomic E-state index is -0.361. The summed E-state index contributed by atoms with van der Waals surface area (Å²) in [6, 6.07) is 10.3. The van der Waals surface area contributed by atoms with Crippen LogP contribution < -0.4 is 10.6 Å². The molecule has 0 saturated heterocycles. The molecule has 0 fully saturated rings. The Hall–Kier alpha value is -0.900. The first-order valence-electron chi connectivity index (χ1n) is 6.31. The van der Waals surface area contributed by atoms with E-state index in [2.05, 4.69) is 22.8 Å². The molecular formula is C14H26N2O. The second-order valence-electron chi connectivity index (χ2n) is 3.71. The smallest absolute Gasteiger partial charge is 0.0820 e. The maximum absolute atomic E-state index is 9.85. The second kappa shape index (κ2) is 10.3. The van der Waals surface area contributed by atoms with Crippen LogP contribution in [0, 0.1) is 0 Å². The average molecular weight is 238 g/mol. The lowest BCUT2D eigenvalue weighted by atomic mass is 10.0. The Morgan fingerprint density at radius 3 is 2.18 bits per heavy atom. The van der Waals surface area contributed by atoms with Crippen molar-refractivity contribution in [2.75, 3.05) is 20.6 Å². The Morgan fingerprint density at radius 2 is 1.71 bits per heavy atom. The van der Waals surface area contributed by atoms with E-state index in [0.29, 0.717) is 6.54 Å². The van der Waals surface area contributed by atoms with Crippen molar-refractivity contribution in [2.45, 2.75) is 32.4 Å². The summed E-state index contributed by atoms with van der Waals surface area (Å²) < 4.78 is 0. The molecule has 3 nitrogen and oxygen atoms in total. The fourth-order valence-corrected chi connectivity index (χ4v) is 1.65. The highest BCUT2D eigenvalue weighted by atomic mass is 16.3. The highest BCUT2D eigenvalue weighted by Crippen LogP contribution is 2.05. The summed E-state index contributed by atoms with van der Waals surface area (Å²) in [5, 5.41) is 16.0. The lowest BCUT2D eigenvalue weighted by molar-refractivity contribution is 0.131. The molecule has 0 heterocycles. The molecule has 1 aromatic carbocycles. The lowest BCUT2D eigenvalue weighted by Crippen LogP contribution is -2.44. The Labute approximate surface area is 105 Å². The van der Waals surface area contributed by atoms with Gasteiger partial charge in [-0.2, -0.15) is 0 Å². The zero-order chi connectivity index (χ0) is 13.1. The highest BCUT2D eigenvalue weighted by molar-refractivity contribution is 5.16. The van der Waals surface area contributed by atoms with E-state index in [-0.39, 0.29) is 12.1 Å². The molecule has 17 heavy (non-hydrogen) atoms. The Bertz CT molecular complexity index is 264. The number of hydrogen-bond acceptors (Lipinski definition) is 3. The maximum Gasteiger partial charge on any atom is 0.0820 e. The topological polar surface area (TPSA) is 44.3 Å². The first-order valence-corrected chi connectivity index (χ1v) is 6.31. The molecule has 0 radical (unpaired) electrons. The third-order valence-electron chi connectivity index (χ3n) is 2.55. The van der Waals surface area contributed by atoms with Crippen LogP contribution in [0.15, 0.2) is 30.3 Å². The summed E-state index contributed by atoms with van der Waals surface area (Å²) in [4.78, 5) is 0. The molecule has 3 heteroatoms. The van der Waals surface area contributed by atoms with Crippen molar-refractivity contribution in [1.82, 2.24) is 10.6 Å². The molecule has 0 aliphatic rings. The van der Waals surface area contributed by atoms with Crippen LogP contribution in [0.4, 0.5) is 0 Å². The van der Waals surface area contributed by atoms with Crippen LogP contribution in [-0.4, -0.2) is 37.9 Å². The number of aliphatic hydroxyl groups excluding tert-OH is 1. The van der Waals surface area contributed by atoms with E-state index in [0.717, 1.165) is 6.42 Å². The van der Waals surface area contributed by atoms with Gasteiger partial charge in [0.1, 0.15) is 0 Å². The quantitative estimate of drug-likeness (QED) is 0.702. The van der Waals surface area contributed by atoms with E-state index in [9.17, 15) is 5.11 Å². The van der Waals surface area contributed by atoms with Crippen LogP contribution >= 0.6 is 0 Å². The van der Waals surface area contributed by atoms with Crippen LogP contribution in [0.25, 0.3) is 0 Å². The predicted molar refractivity (Wildman–Crippen MR) is 74.3 cm³/mol. The molecule has 98 valence electrons. The number of likely N-dealkylation sites (N-methyl/N-ethyl adjacent to an activating group) is 2. The van der Waals surface area contributed by atoms with E-state index >= 15 is 0 Å². The van der Waals surface area contributed by atoms with Crippen LogP contribution in [0.2, 0.25) is 0 Å². The van der Waals surface area contributed by atoms with E-state index < -0.39 is 0 Å². The molecule has 0 aliphatic heterocycles. The van der Waals surface area contributed by atoms with Gasteiger partial charge < -0.3 is 15.7 Å². The number of nitrogens with one attached hydrogen (secondary N) is 2. The molecule has 0 aliphatic carbocycles. The Kier molecular flexibility index (Phi) is 9.72. The summed E-state index contributed by atoms with van der Waals surface area (Å²) >= 11 is 0. The first kappa shape index (κ1) is 16.1.